The zero-order valence-corrected chi connectivity index (χ0v) is 43.7. The van der Waals surface area contributed by atoms with Crippen molar-refractivity contribution in [2.45, 2.75) is 38.8 Å². The summed E-state index contributed by atoms with van der Waals surface area (Å²) in [6, 6.07) is 71.9. The van der Waals surface area contributed by atoms with E-state index in [0.29, 0.717) is 24.3 Å². The van der Waals surface area contributed by atoms with Crippen LogP contribution in [0.15, 0.2) is 229 Å². The molecule has 0 saturated carbocycles. The van der Waals surface area contributed by atoms with Gasteiger partial charge in [0, 0.05) is 26.7 Å². The maximum absolute atomic E-state index is 12.6. The predicted molar refractivity (Wildman–Crippen MR) is 315 cm³/mol. The number of para-hydroxylation sites is 2. The monoisotopic (exact) mass is 1020 g/mol. The second-order valence-electron chi connectivity index (χ2n) is 19.4. The molecule has 0 bridgehead atoms. The van der Waals surface area contributed by atoms with Crippen LogP contribution in [0.2, 0.25) is 0 Å². The van der Waals surface area contributed by atoms with Crippen molar-refractivity contribution in [1.29, 1.82) is 0 Å². The first-order valence-corrected chi connectivity index (χ1v) is 25.9. The van der Waals surface area contributed by atoms with Gasteiger partial charge in [-0.15, -0.1) is 0 Å². The van der Waals surface area contributed by atoms with Crippen molar-refractivity contribution in [3.63, 3.8) is 0 Å². The molecule has 12 aromatic rings. The van der Waals surface area contributed by atoms with Gasteiger partial charge in [-0.25, -0.2) is 10.0 Å². The molecule has 0 fully saturated rings. The normalized spacial score (nSPS) is 14.9. The molecule has 384 valence electrons. The Bertz CT molecular complexity index is 3860. The molecule has 0 spiro atoms. The molecular formula is C68H56N4O6. The van der Waals surface area contributed by atoms with Crippen LogP contribution in [0.25, 0.3) is 64.6 Å². The number of carbonyl (C=O) groups excluding carboxylic acids is 2. The van der Waals surface area contributed by atoms with Crippen molar-refractivity contribution in [1.82, 2.24) is 10.0 Å². The van der Waals surface area contributed by atoms with E-state index in [1.54, 1.807) is 86.6 Å². The third-order valence-electron chi connectivity index (χ3n) is 14.7. The second kappa shape index (κ2) is 21.8. The Kier molecular flexibility index (Phi) is 14.1. The van der Waals surface area contributed by atoms with Gasteiger partial charge in [-0.3, -0.25) is 9.59 Å². The number of nitrogens with zero attached hydrogens (tertiary/aromatic N) is 4. The number of ether oxygens (including phenoxy) is 2. The van der Waals surface area contributed by atoms with Gasteiger partial charge in [0.25, 0.3) is 0 Å². The Morgan fingerprint density at radius 1 is 0.397 bits per heavy atom. The number of methoxy groups -OCH3 is 2. The van der Waals surface area contributed by atoms with E-state index in [4.69, 9.17) is 29.9 Å². The Balaban J connectivity index is 0.000000132. The Hall–Kier alpha value is -9.80. The van der Waals surface area contributed by atoms with Crippen LogP contribution in [0.3, 0.4) is 0 Å². The van der Waals surface area contributed by atoms with Crippen LogP contribution in [-0.4, -0.2) is 57.7 Å². The number of hydrazone groups is 2. The second-order valence-corrected chi connectivity index (χ2v) is 19.4. The zero-order chi connectivity index (χ0) is 53.9. The van der Waals surface area contributed by atoms with E-state index in [2.05, 4.69) is 109 Å². The van der Waals surface area contributed by atoms with Gasteiger partial charge in [-0.05, 0) is 160 Å². The van der Waals surface area contributed by atoms with Crippen molar-refractivity contribution >= 4 is 87.9 Å². The molecule has 2 N–H and O–H groups in total. The summed E-state index contributed by atoms with van der Waals surface area (Å²) >= 11 is 0. The molecule has 2 aliphatic rings. The molecule has 0 aliphatic carbocycles. The summed E-state index contributed by atoms with van der Waals surface area (Å²) in [5, 5.41) is 44.9. The lowest BCUT2D eigenvalue weighted by Gasteiger charge is -2.23. The minimum Gasteiger partial charge on any atom is -0.508 e. The quantitative estimate of drug-likeness (QED) is 0.160. The zero-order valence-electron chi connectivity index (χ0n) is 43.7. The molecule has 0 radical (unpaired) electrons. The molecule has 10 nitrogen and oxygen atoms in total. The molecule has 12 aromatic carbocycles. The molecule has 2 atom stereocenters. The highest BCUT2D eigenvalue weighted by Gasteiger charge is 2.34. The highest BCUT2D eigenvalue weighted by Crippen LogP contribution is 2.44. The first-order valence-electron chi connectivity index (χ1n) is 25.9. The number of rotatable bonds is 6. The SMILES string of the molecule is COc1ccc(C2=NN(C(C)=O)[C@@H](c3ccc4ccc5cccc6ccc3c4c56)C2)cc1.COc1ccc(C2=NN(C(C)=O)[C@@H](c3ccc4ccc5cccc6ccc3c4c56)C2)cc1.Oc1ccccc1.Oc1ccccc1. The van der Waals surface area contributed by atoms with E-state index in [-0.39, 0.29) is 23.9 Å². The maximum atomic E-state index is 12.6. The number of phenolic OH excluding ortho intramolecular Hbond substituents is 2. The highest BCUT2D eigenvalue weighted by atomic mass is 16.5. The largest absolute Gasteiger partial charge is 0.508 e. The maximum Gasteiger partial charge on any atom is 0.240 e. The van der Waals surface area contributed by atoms with Gasteiger partial charge in [0.05, 0.1) is 37.7 Å². The van der Waals surface area contributed by atoms with Crippen LogP contribution >= 0.6 is 0 Å². The Morgan fingerprint density at radius 3 is 1.03 bits per heavy atom. The minimum absolute atomic E-state index is 0.0517. The molecule has 14 rings (SSSR count). The summed E-state index contributed by atoms with van der Waals surface area (Å²) in [5.74, 6) is 2.15. The lowest BCUT2D eigenvalue weighted by molar-refractivity contribution is -0.131. The number of benzene rings is 12. The van der Waals surface area contributed by atoms with Crippen LogP contribution in [0.4, 0.5) is 0 Å². The predicted octanol–water partition coefficient (Wildman–Crippen LogP) is 15.4. The van der Waals surface area contributed by atoms with Gasteiger partial charge in [0.2, 0.25) is 11.8 Å². The van der Waals surface area contributed by atoms with Crippen LogP contribution < -0.4 is 9.47 Å². The standard InChI is InChI=1S/2C28H22N2O2.2C6H6O/c2*1-17(31)30-26(16-25(29-30)18-8-12-22(32-2)13-9-18)23-14-10-21-7-6-19-4-3-5-20-11-15-24(23)28(21)27(19)20;2*7-6-4-2-1-3-5-6/h2*3-15,26H,16H2,1-2H3;2*1-5,7H/t2*26-;;/m11../s1. The number of hydrogen-bond acceptors (Lipinski definition) is 8. The molecule has 10 heteroatoms. The van der Waals surface area contributed by atoms with Gasteiger partial charge < -0.3 is 19.7 Å². The van der Waals surface area contributed by atoms with Gasteiger partial charge in [-0.1, -0.05) is 146 Å². The fourth-order valence-corrected chi connectivity index (χ4v) is 11.0. The van der Waals surface area contributed by atoms with Crippen molar-refractivity contribution in [3.8, 4) is 23.0 Å². The fourth-order valence-electron chi connectivity index (χ4n) is 11.0. The Morgan fingerprint density at radius 2 is 0.718 bits per heavy atom. The summed E-state index contributed by atoms with van der Waals surface area (Å²) in [7, 11) is 3.31. The van der Waals surface area contributed by atoms with E-state index in [0.717, 1.165) is 45.2 Å². The lowest BCUT2D eigenvalue weighted by Crippen LogP contribution is -2.24. The average molecular weight is 1030 g/mol. The first-order chi connectivity index (χ1) is 38.1. The van der Waals surface area contributed by atoms with Crippen molar-refractivity contribution in [2.75, 3.05) is 14.2 Å². The summed E-state index contributed by atoms with van der Waals surface area (Å²) < 4.78 is 10.6. The molecule has 78 heavy (non-hydrogen) atoms. The third-order valence-corrected chi connectivity index (χ3v) is 14.7. The molecule has 0 saturated heterocycles. The highest BCUT2D eigenvalue weighted by molar-refractivity contribution is 6.25. The number of phenols is 2. The van der Waals surface area contributed by atoms with E-state index in [9.17, 15) is 9.59 Å². The summed E-state index contributed by atoms with van der Waals surface area (Å²) in [5.41, 5.74) is 6.13. The Labute approximate surface area is 452 Å². The van der Waals surface area contributed by atoms with Crippen LogP contribution in [0.5, 0.6) is 23.0 Å². The van der Waals surface area contributed by atoms with Gasteiger partial charge in [0.15, 0.2) is 0 Å². The van der Waals surface area contributed by atoms with E-state index >= 15 is 0 Å². The number of carbonyl (C=O) groups is 2. The molecule has 2 aliphatic heterocycles. The van der Waals surface area contributed by atoms with Crippen molar-refractivity contribution in [2.24, 2.45) is 10.2 Å². The summed E-state index contributed by atoms with van der Waals surface area (Å²) in [4.78, 5) is 25.2. The number of amides is 2. The third kappa shape index (κ3) is 9.95. The topological polar surface area (TPSA) is 124 Å². The van der Waals surface area contributed by atoms with E-state index in [1.165, 1.54) is 64.6 Å². The number of hydrogen-bond donors (Lipinski definition) is 2. The van der Waals surface area contributed by atoms with Crippen LogP contribution in [0.1, 0.15) is 61.0 Å². The minimum atomic E-state index is -0.130. The molecule has 0 aromatic heterocycles. The smallest absolute Gasteiger partial charge is 0.240 e. The molecule has 2 heterocycles. The van der Waals surface area contributed by atoms with Gasteiger partial charge >= 0.3 is 0 Å². The van der Waals surface area contributed by atoms with Gasteiger partial charge in [0.1, 0.15) is 23.0 Å². The molecule has 2 amide bonds. The van der Waals surface area contributed by atoms with Crippen LogP contribution in [-0.2, 0) is 9.59 Å². The average Bonchev–Trinajstić information content (AvgIpc) is 4.16. The lowest BCUT2D eigenvalue weighted by atomic mass is 9.88. The first kappa shape index (κ1) is 50.4. The number of aromatic hydroxyl groups is 2. The molecule has 0 unspecified atom stereocenters. The fraction of sp³-hybridized carbons (Fsp3) is 0.118. The summed E-state index contributed by atoms with van der Waals surface area (Å²) in [6.07, 6.45) is 1.35. The van der Waals surface area contributed by atoms with E-state index in [1.807, 2.05) is 60.7 Å². The summed E-state index contributed by atoms with van der Waals surface area (Å²) in [6.45, 7) is 3.17. The molecular weight excluding hydrogens is 969 g/mol. The van der Waals surface area contributed by atoms with Crippen molar-refractivity contribution < 1.29 is 29.3 Å². The van der Waals surface area contributed by atoms with Gasteiger partial charge in [-0.2, -0.15) is 10.2 Å². The van der Waals surface area contributed by atoms with Crippen LogP contribution in [0, 0.1) is 0 Å². The van der Waals surface area contributed by atoms with E-state index < -0.39 is 0 Å². The van der Waals surface area contributed by atoms with Crippen molar-refractivity contribution in [3.05, 3.63) is 241 Å².